The molecule has 1 aromatic rings. The Morgan fingerprint density at radius 3 is 2.67 bits per heavy atom. The van der Waals surface area contributed by atoms with Gasteiger partial charge in [0.1, 0.15) is 11.9 Å². The van der Waals surface area contributed by atoms with E-state index in [1.54, 1.807) is 4.90 Å². The Kier molecular flexibility index (Phi) is 7.07. The van der Waals surface area contributed by atoms with Crippen LogP contribution in [0.25, 0.3) is 0 Å². The van der Waals surface area contributed by atoms with E-state index in [2.05, 4.69) is 15.3 Å². The van der Waals surface area contributed by atoms with Gasteiger partial charge in [-0.2, -0.15) is 0 Å². The van der Waals surface area contributed by atoms with Gasteiger partial charge in [0.25, 0.3) is 5.91 Å². The van der Waals surface area contributed by atoms with Crippen molar-refractivity contribution in [1.29, 1.82) is 0 Å². The topological polar surface area (TPSA) is 103 Å². The molecule has 182 valence electrons. The maximum absolute atomic E-state index is 13.2. The number of hydrogen-bond acceptors (Lipinski definition) is 7. The molecular weight excluding hydrogens is 424 g/mol. The summed E-state index contributed by atoms with van der Waals surface area (Å²) in [5, 5.41) is 2.99. The molecule has 33 heavy (non-hydrogen) atoms. The standard InChI is InChI=1S/C24H36N4O5/c1-15-21-16-7-9-17(10-8-16)31-12-19-18(27-23(30)33-24(2,3)4)6-5-11-28(19)20(29)13-32-22(21)26-14-25-15/h14,16-19H,5-13H2,1-4H3,(H,27,30)/t16?,17?,18-,19-/m0/s1. The molecule has 2 fully saturated rings. The van der Waals surface area contributed by atoms with Crippen molar-refractivity contribution in [2.45, 2.75) is 95.9 Å². The number of alkyl carbamates (subject to hydrolysis) is 1. The molecule has 1 saturated heterocycles. The predicted molar refractivity (Wildman–Crippen MR) is 121 cm³/mol. The molecule has 1 saturated carbocycles. The van der Waals surface area contributed by atoms with E-state index in [1.807, 2.05) is 27.7 Å². The lowest BCUT2D eigenvalue weighted by atomic mass is 9.82. The molecule has 9 nitrogen and oxygen atoms in total. The number of aryl methyl sites for hydroxylation is 1. The van der Waals surface area contributed by atoms with Crippen LogP contribution in [0.5, 0.6) is 5.88 Å². The first-order valence-corrected chi connectivity index (χ1v) is 12.1. The van der Waals surface area contributed by atoms with Crippen LogP contribution in [0.15, 0.2) is 6.33 Å². The van der Waals surface area contributed by atoms with Gasteiger partial charge in [0.2, 0.25) is 5.88 Å². The van der Waals surface area contributed by atoms with Crippen LogP contribution in [0.1, 0.15) is 76.5 Å². The van der Waals surface area contributed by atoms with Gasteiger partial charge in [-0.25, -0.2) is 14.8 Å². The number of piperidine rings is 1. The summed E-state index contributed by atoms with van der Waals surface area (Å²) >= 11 is 0. The molecule has 1 aliphatic carbocycles. The van der Waals surface area contributed by atoms with Crippen molar-refractivity contribution >= 4 is 12.0 Å². The zero-order valence-corrected chi connectivity index (χ0v) is 20.1. The first-order chi connectivity index (χ1) is 15.7. The van der Waals surface area contributed by atoms with Gasteiger partial charge in [-0.05, 0) is 72.1 Å². The summed E-state index contributed by atoms with van der Waals surface area (Å²) in [5.41, 5.74) is 1.34. The summed E-state index contributed by atoms with van der Waals surface area (Å²) in [6, 6.07) is -0.511. The van der Waals surface area contributed by atoms with Crippen molar-refractivity contribution in [1.82, 2.24) is 20.2 Å². The van der Waals surface area contributed by atoms with Crippen LogP contribution < -0.4 is 10.1 Å². The van der Waals surface area contributed by atoms with Gasteiger partial charge in [0.15, 0.2) is 6.61 Å². The molecule has 4 aliphatic rings. The molecule has 0 unspecified atom stereocenters. The Bertz CT molecular complexity index is 863. The highest BCUT2D eigenvalue weighted by molar-refractivity contribution is 5.78. The quantitative estimate of drug-likeness (QED) is 0.687. The van der Waals surface area contributed by atoms with E-state index >= 15 is 0 Å². The van der Waals surface area contributed by atoms with E-state index in [0.29, 0.717) is 24.9 Å². The van der Waals surface area contributed by atoms with Gasteiger partial charge in [0, 0.05) is 17.8 Å². The maximum Gasteiger partial charge on any atom is 0.407 e. The number of ether oxygens (including phenoxy) is 3. The predicted octanol–water partition coefficient (Wildman–Crippen LogP) is 3.10. The van der Waals surface area contributed by atoms with Crippen LogP contribution in [0.2, 0.25) is 0 Å². The van der Waals surface area contributed by atoms with E-state index < -0.39 is 11.7 Å². The summed E-state index contributed by atoms with van der Waals surface area (Å²) in [5.74, 6) is 0.686. The molecule has 5 rings (SSSR count). The smallest absolute Gasteiger partial charge is 0.407 e. The van der Waals surface area contributed by atoms with E-state index in [1.165, 1.54) is 6.33 Å². The number of nitrogens with zero attached hydrogens (tertiary/aromatic N) is 3. The van der Waals surface area contributed by atoms with Gasteiger partial charge in [-0.3, -0.25) is 4.79 Å². The van der Waals surface area contributed by atoms with Crippen molar-refractivity contribution in [2.75, 3.05) is 19.8 Å². The van der Waals surface area contributed by atoms with Gasteiger partial charge in [-0.15, -0.1) is 0 Å². The molecule has 1 N–H and O–H groups in total. The maximum atomic E-state index is 13.2. The molecule has 4 heterocycles. The van der Waals surface area contributed by atoms with Gasteiger partial charge in [-0.1, -0.05) is 0 Å². The summed E-state index contributed by atoms with van der Waals surface area (Å²) in [6.45, 7) is 8.36. The molecule has 0 spiro atoms. The average molecular weight is 461 g/mol. The molecular formula is C24H36N4O5. The fourth-order valence-electron chi connectivity index (χ4n) is 5.21. The van der Waals surface area contributed by atoms with Crippen LogP contribution >= 0.6 is 0 Å². The highest BCUT2D eigenvalue weighted by atomic mass is 16.6. The Labute approximate surface area is 195 Å². The Morgan fingerprint density at radius 1 is 1.18 bits per heavy atom. The van der Waals surface area contributed by atoms with Gasteiger partial charge < -0.3 is 24.4 Å². The number of hydrogen-bond donors (Lipinski definition) is 1. The molecule has 0 radical (unpaired) electrons. The first kappa shape index (κ1) is 23.7. The number of rotatable bonds is 1. The minimum absolute atomic E-state index is 0.102. The Balaban J connectivity index is 1.56. The number of aromatic nitrogens is 2. The molecule has 2 atom stereocenters. The fourth-order valence-corrected chi connectivity index (χ4v) is 5.21. The molecule has 0 aromatic carbocycles. The second-order valence-electron chi connectivity index (χ2n) is 10.3. The van der Waals surface area contributed by atoms with Crippen LogP contribution in [-0.2, 0) is 14.3 Å². The lowest BCUT2D eigenvalue weighted by Gasteiger charge is -2.42. The van der Waals surface area contributed by atoms with E-state index in [0.717, 1.165) is 49.8 Å². The number of fused-ring (bicyclic) bond motifs is 5. The molecule has 2 amide bonds. The third-order valence-electron chi connectivity index (χ3n) is 6.77. The van der Waals surface area contributed by atoms with E-state index in [-0.39, 0.29) is 30.7 Å². The monoisotopic (exact) mass is 460 g/mol. The van der Waals surface area contributed by atoms with Crippen LogP contribution in [-0.4, -0.2) is 70.4 Å². The van der Waals surface area contributed by atoms with Crippen molar-refractivity contribution in [3.05, 3.63) is 17.6 Å². The van der Waals surface area contributed by atoms with Crippen molar-refractivity contribution in [3.63, 3.8) is 0 Å². The van der Waals surface area contributed by atoms with Crippen LogP contribution in [0, 0.1) is 6.92 Å². The largest absolute Gasteiger partial charge is 0.467 e. The van der Waals surface area contributed by atoms with Crippen molar-refractivity contribution in [2.24, 2.45) is 0 Å². The average Bonchev–Trinajstić information content (AvgIpc) is 2.76. The Hall–Kier alpha value is -2.42. The van der Waals surface area contributed by atoms with Crippen molar-refractivity contribution < 1.29 is 23.8 Å². The van der Waals surface area contributed by atoms with E-state index in [9.17, 15) is 9.59 Å². The number of nitrogens with one attached hydrogen (secondary N) is 1. The highest BCUT2D eigenvalue weighted by Crippen LogP contribution is 2.39. The third kappa shape index (κ3) is 5.75. The van der Waals surface area contributed by atoms with Crippen LogP contribution in [0.3, 0.4) is 0 Å². The molecule has 1 aromatic heterocycles. The molecule has 9 heteroatoms. The number of carbonyl (C=O) groups is 2. The SMILES string of the molecule is Cc1ncnc2c1C1CCC(CC1)OC[C@H]1[C@@H](NC(=O)OC(C)(C)C)CCCN1C(=O)CO2. The minimum atomic E-state index is -0.588. The van der Waals surface area contributed by atoms with Crippen molar-refractivity contribution in [3.8, 4) is 5.88 Å². The fraction of sp³-hybridized carbons (Fsp3) is 0.750. The summed E-state index contributed by atoms with van der Waals surface area (Å²) < 4.78 is 17.8. The van der Waals surface area contributed by atoms with Crippen LogP contribution in [0.4, 0.5) is 4.79 Å². The zero-order chi connectivity index (χ0) is 23.6. The summed E-state index contributed by atoms with van der Waals surface area (Å²) in [4.78, 5) is 36.3. The lowest BCUT2D eigenvalue weighted by Crippen LogP contribution is -2.60. The van der Waals surface area contributed by atoms with Gasteiger partial charge >= 0.3 is 6.09 Å². The first-order valence-electron chi connectivity index (χ1n) is 12.1. The molecule has 3 aliphatic heterocycles. The van der Waals surface area contributed by atoms with Gasteiger partial charge in [0.05, 0.1) is 24.8 Å². The van der Waals surface area contributed by atoms with E-state index in [4.69, 9.17) is 14.2 Å². The zero-order valence-electron chi connectivity index (χ0n) is 20.1. The summed E-state index contributed by atoms with van der Waals surface area (Å²) in [6.07, 6.45) is 6.52. The summed E-state index contributed by atoms with van der Waals surface area (Å²) in [7, 11) is 0. The minimum Gasteiger partial charge on any atom is -0.467 e. The highest BCUT2D eigenvalue weighted by Gasteiger charge is 2.38. The number of carbonyl (C=O) groups excluding carboxylic acids is 2. The Morgan fingerprint density at radius 2 is 1.94 bits per heavy atom. The normalized spacial score (nSPS) is 28.4. The number of amides is 2. The molecule has 2 bridgehead atoms. The lowest BCUT2D eigenvalue weighted by molar-refractivity contribution is -0.141. The second kappa shape index (κ2) is 9.83. The second-order valence-corrected chi connectivity index (χ2v) is 10.3. The third-order valence-corrected chi connectivity index (χ3v) is 6.77.